The van der Waals surface area contributed by atoms with Gasteiger partial charge in [-0.2, -0.15) is 0 Å². The van der Waals surface area contributed by atoms with Gasteiger partial charge in [-0.25, -0.2) is 0 Å². The molecule has 7 heteroatoms. The summed E-state index contributed by atoms with van der Waals surface area (Å²) in [6, 6.07) is 7.31. The maximum Gasteiger partial charge on any atom is 0.251 e. The summed E-state index contributed by atoms with van der Waals surface area (Å²) in [5, 5.41) is 2.78. The summed E-state index contributed by atoms with van der Waals surface area (Å²) in [7, 11) is 0. The van der Waals surface area contributed by atoms with Crippen molar-refractivity contribution in [2.24, 2.45) is 0 Å². The molecule has 2 rings (SSSR count). The summed E-state index contributed by atoms with van der Waals surface area (Å²) >= 11 is 8.61. The van der Waals surface area contributed by atoms with E-state index in [1.54, 1.807) is 12.1 Å². The SMILES string of the molecule is O=C(NCCN1C(=O)CSC1=S)c1ccc(I)cc1. The highest BCUT2D eigenvalue weighted by molar-refractivity contribution is 14.1. The van der Waals surface area contributed by atoms with Crippen LogP contribution in [0.25, 0.3) is 0 Å². The zero-order valence-corrected chi connectivity index (χ0v) is 13.7. The Labute approximate surface area is 134 Å². The molecule has 2 amide bonds. The maximum absolute atomic E-state index is 11.8. The molecule has 1 aromatic rings. The number of thioether (sulfide) groups is 1. The smallest absolute Gasteiger partial charge is 0.251 e. The molecular formula is C12H11IN2O2S2. The summed E-state index contributed by atoms with van der Waals surface area (Å²) in [5.41, 5.74) is 0.616. The number of carbonyl (C=O) groups excluding carboxylic acids is 2. The van der Waals surface area contributed by atoms with Crippen molar-refractivity contribution >= 4 is 62.7 Å². The lowest BCUT2D eigenvalue weighted by Gasteiger charge is -2.15. The van der Waals surface area contributed by atoms with Gasteiger partial charge in [-0.05, 0) is 46.9 Å². The fourth-order valence-electron chi connectivity index (χ4n) is 1.58. The van der Waals surface area contributed by atoms with Crippen molar-refractivity contribution < 1.29 is 9.59 Å². The average molecular weight is 406 g/mol. The first kappa shape index (κ1) is 14.7. The van der Waals surface area contributed by atoms with Crippen molar-refractivity contribution in [2.45, 2.75) is 0 Å². The molecule has 0 saturated carbocycles. The van der Waals surface area contributed by atoms with Crippen molar-refractivity contribution in [2.75, 3.05) is 18.8 Å². The number of hydrogen-bond acceptors (Lipinski definition) is 4. The van der Waals surface area contributed by atoms with Crippen molar-refractivity contribution in [3.05, 3.63) is 33.4 Å². The van der Waals surface area contributed by atoms with Gasteiger partial charge in [-0.3, -0.25) is 14.5 Å². The van der Waals surface area contributed by atoms with Gasteiger partial charge < -0.3 is 5.32 Å². The molecule has 100 valence electrons. The lowest BCUT2D eigenvalue weighted by atomic mass is 10.2. The number of thiocarbonyl (C=S) groups is 1. The first-order chi connectivity index (χ1) is 9.08. The second-order valence-corrected chi connectivity index (χ2v) is 6.72. The van der Waals surface area contributed by atoms with Gasteiger partial charge >= 0.3 is 0 Å². The lowest BCUT2D eigenvalue weighted by molar-refractivity contribution is -0.123. The molecule has 0 radical (unpaired) electrons. The number of amides is 2. The predicted molar refractivity (Wildman–Crippen MR) is 88.3 cm³/mol. The second-order valence-electron chi connectivity index (χ2n) is 3.86. The fraction of sp³-hybridized carbons (Fsp3) is 0.250. The van der Waals surface area contributed by atoms with E-state index in [0.29, 0.717) is 28.7 Å². The minimum Gasteiger partial charge on any atom is -0.350 e. The summed E-state index contributed by atoms with van der Waals surface area (Å²) in [4.78, 5) is 24.8. The topological polar surface area (TPSA) is 49.4 Å². The van der Waals surface area contributed by atoms with Gasteiger partial charge in [-0.1, -0.05) is 24.0 Å². The van der Waals surface area contributed by atoms with Crippen molar-refractivity contribution in [1.82, 2.24) is 10.2 Å². The molecule has 19 heavy (non-hydrogen) atoms. The van der Waals surface area contributed by atoms with Crippen LogP contribution in [0.3, 0.4) is 0 Å². The van der Waals surface area contributed by atoms with Gasteiger partial charge in [0.25, 0.3) is 5.91 Å². The highest BCUT2D eigenvalue weighted by Gasteiger charge is 2.25. The number of benzene rings is 1. The number of carbonyl (C=O) groups is 2. The van der Waals surface area contributed by atoms with Crippen LogP contribution in [0.15, 0.2) is 24.3 Å². The molecule has 1 heterocycles. The first-order valence-corrected chi connectivity index (χ1v) is 8.06. The number of hydrogen-bond donors (Lipinski definition) is 1. The third-order valence-electron chi connectivity index (χ3n) is 2.57. The maximum atomic E-state index is 11.8. The summed E-state index contributed by atoms with van der Waals surface area (Å²) in [6.45, 7) is 0.831. The summed E-state index contributed by atoms with van der Waals surface area (Å²) in [5.74, 6) is 0.282. The van der Waals surface area contributed by atoms with Crippen molar-refractivity contribution in [3.63, 3.8) is 0 Å². The molecule has 0 unspecified atom stereocenters. The Morgan fingerprint density at radius 3 is 2.68 bits per heavy atom. The molecule has 0 aliphatic carbocycles. The second kappa shape index (κ2) is 6.67. The summed E-state index contributed by atoms with van der Waals surface area (Å²) < 4.78 is 1.67. The molecule has 1 fully saturated rings. The molecule has 1 saturated heterocycles. The van der Waals surface area contributed by atoms with E-state index >= 15 is 0 Å². The van der Waals surface area contributed by atoms with E-state index in [1.165, 1.54) is 16.7 Å². The quantitative estimate of drug-likeness (QED) is 0.613. The number of rotatable bonds is 4. The van der Waals surface area contributed by atoms with E-state index in [9.17, 15) is 9.59 Å². The van der Waals surface area contributed by atoms with Crippen LogP contribution in [-0.4, -0.2) is 39.9 Å². The molecule has 1 aliphatic heterocycles. The third-order valence-corrected chi connectivity index (χ3v) is 4.72. The largest absolute Gasteiger partial charge is 0.350 e. The Morgan fingerprint density at radius 1 is 1.42 bits per heavy atom. The van der Waals surface area contributed by atoms with Crippen LogP contribution in [0.5, 0.6) is 0 Å². The van der Waals surface area contributed by atoms with E-state index in [4.69, 9.17) is 12.2 Å². The summed E-state index contributed by atoms with van der Waals surface area (Å²) in [6.07, 6.45) is 0. The normalized spacial score (nSPS) is 14.9. The van der Waals surface area contributed by atoms with Crippen molar-refractivity contribution in [1.29, 1.82) is 0 Å². The van der Waals surface area contributed by atoms with E-state index in [1.807, 2.05) is 12.1 Å². The van der Waals surface area contributed by atoms with Crippen LogP contribution in [0.1, 0.15) is 10.4 Å². The molecule has 0 spiro atoms. The number of nitrogens with one attached hydrogen (secondary N) is 1. The Hall–Kier alpha value is -0.670. The molecule has 0 aromatic heterocycles. The molecule has 1 N–H and O–H groups in total. The Balaban J connectivity index is 1.82. The number of nitrogens with zero attached hydrogens (tertiary/aromatic N) is 1. The molecule has 0 bridgehead atoms. The monoisotopic (exact) mass is 406 g/mol. The standard InChI is InChI=1S/C12H11IN2O2S2/c13-9-3-1-8(2-4-9)11(17)14-5-6-15-10(16)7-19-12(15)18/h1-4H,5-7H2,(H,14,17). The van der Waals surface area contributed by atoms with E-state index in [-0.39, 0.29) is 11.8 Å². The molecule has 1 aliphatic rings. The zero-order chi connectivity index (χ0) is 13.8. The lowest BCUT2D eigenvalue weighted by Crippen LogP contribution is -2.37. The van der Waals surface area contributed by atoms with Crippen LogP contribution >= 0.6 is 46.6 Å². The molecule has 1 aromatic carbocycles. The van der Waals surface area contributed by atoms with Gasteiger partial charge in [0.1, 0.15) is 4.32 Å². The highest BCUT2D eigenvalue weighted by Crippen LogP contribution is 2.18. The Bertz CT molecular complexity index is 503. The van der Waals surface area contributed by atoms with Crippen molar-refractivity contribution in [3.8, 4) is 0 Å². The predicted octanol–water partition coefficient (Wildman–Crippen LogP) is 1.88. The molecular weight excluding hydrogens is 395 g/mol. The molecule has 4 nitrogen and oxygen atoms in total. The highest BCUT2D eigenvalue weighted by atomic mass is 127. The first-order valence-electron chi connectivity index (χ1n) is 5.59. The zero-order valence-electron chi connectivity index (χ0n) is 9.89. The minimum atomic E-state index is -0.137. The van der Waals surface area contributed by atoms with Crippen LogP contribution < -0.4 is 5.32 Å². The third kappa shape index (κ3) is 3.90. The fourth-order valence-corrected chi connectivity index (χ4v) is 3.06. The Morgan fingerprint density at radius 2 is 2.11 bits per heavy atom. The van der Waals surface area contributed by atoms with E-state index in [0.717, 1.165) is 3.57 Å². The molecule has 0 atom stereocenters. The van der Waals surface area contributed by atoms with Gasteiger partial charge in [0.2, 0.25) is 5.91 Å². The van der Waals surface area contributed by atoms with Crippen LogP contribution in [-0.2, 0) is 4.79 Å². The van der Waals surface area contributed by atoms with Gasteiger partial charge in [0.05, 0.1) is 5.75 Å². The van der Waals surface area contributed by atoms with Gasteiger partial charge in [-0.15, -0.1) is 0 Å². The van der Waals surface area contributed by atoms with Crippen LogP contribution in [0.4, 0.5) is 0 Å². The number of halogens is 1. The van der Waals surface area contributed by atoms with Crippen LogP contribution in [0, 0.1) is 3.57 Å². The van der Waals surface area contributed by atoms with E-state index in [2.05, 4.69) is 27.9 Å². The average Bonchev–Trinajstić information content (AvgIpc) is 2.71. The van der Waals surface area contributed by atoms with Gasteiger partial charge in [0.15, 0.2) is 0 Å². The van der Waals surface area contributed by atoms with Crippen LogP contribution in [0.2, 0.25) is 0 Å². The minimum absolute atomic E-state index is 0.0125. The van der Waals surface area contributed by atoms with E-state index < -0.39 is 0 Å². The Kier molecular flexibility index (Phi) is 5.17. The van der Waals surface area contributed by atoms with Gasteiger partial charge in [0, 0.05) is 22.2 Å².